The first-order chi connectivity index (χ1) is 9.47. The number of nitro groups is 1. The molecule has 1 aliphatic heterocycles. The van der Waals surface area contributed by atoms with Gasteiger partial charge in [0.1, 0.15) is 6.20 Å². The van der Waals surface area contributed by atoms with Crippen molar-refractivity contribution >= 4 is 5.69 Å². The van der Waals surface area contributed by atoms with Crippen LogP contribution in [0.4, 0.5) is 5.69 Å². The first-order valence-electron chi connectivity index (χ1n) is 5.87. The van der Waals surface area contributed by atoms with Gasteiger partial charge in [0.05, 0.1) is 18.1 Å². The van der Waals surface area contributed by atoms with Crippen LogP contribution in [-0.2, 0) is 16.5 Å². The van der Waals surface area contributed by atoms with E-state index in [1.807, 2.05) is 6.92 Å². The Morgan fingerprint density at radius 3 is 2.90 bits per heavy atom. The second-order valence-corrected chi connectivity index (χ2v) is 4.95. The maximum absolute atomic E-state index is 10.9. The number of hydrogen-bond donors (Lipinski definition) is 0. The standard InChI is InChI=1S/C10H14N6O4/c1-10(4-12-14-11)5-19-9(20-6-10)8-7(16(17)18)3-13-15(8)2/h3,9H,4-6H2,1-2H3/t9-,10+. The van der Waals surface area contributed by atoms with Gasteiger partial charge in [-0.3, -0.25) is 14.8 Å². The van der Waals surface area contributed by atoms with Crippen LogP contribution in [0, 0.1) is 15.5 Å². The minimum Gasteiger partial charge on any atom is -0.346 e. The van der Waals surface area contributed by atoms with Crippen LogP contribution in [0.25, 0.3) is 10.4 Å². The molecule has 1 aliphatic rings. The average Bonchev–Trinajstić information content (AvgIpc) is 2.80. The molecule has 2 rings (SSSR count). The summed E-state index contributed by atoms with van der Waals surface area (Å²) in [6.07, 6.45) is 0.317. The summed E-state index contributed by atoms with van der Waals surface area (Å²) in [7, 11) is 1.59. The molecule has 0 aliphatic carbocycles. The summed E-state index contributed by atoms with van der Waals surface area (Å²) >= 11 is 0. The molecule has 1 fully saturated rings. The van der Waals surface area contributed by atoms with Crippen molar-refractivity contribution in [3.8, 4) is 0 Å². The number of hydrogen-bond acceptors (Lipinski definition) is 6. The highest BCUT2D eigenvalue weighted by Crippen LogP contribution is 2.35. The number of nitrogens with zero attached hydrogens (tertiary/aromatic N) is 6. The lowest BCUT2D eigenvalue weighted by molar-refractivity contribution is -0.388. The van der Waals surface area contributed by atoms with E-state index in [1.54, 1.807) is 7.05 Å². The average molecular weight is 282 g/mol. The molecule has 1 saturated heterocycles. The van der Waals surface area contributed by atoms with Crippen LogP contribution in [0.1, 0.15) is 18.9 Å². The molecule has 1 aromatic rings. The van der Waals surface area contributed by atoms with Gasteiger partial charge >= 0.3 is 5.69 Å². The van der Waals surface area contributed by atoms with Crippen LogP contribution in [0.5, 0.6) is 0 Å². The van der Waals surface area contributed by atoms with Crippen LogP contribution in [0.15, 0.2) is 11.3 Å². The Bertz CT molecular complexity index is 556. The van der Waals surface area contributed by atoms with Crippen molar-refractivity contribution in [1.82, 2.24) is 9.78 Å². The predicted octanol–water partition coefficient (Wildman–Crippen LogP) is 1.69. The quantitative estimate of drug-likeness (QED) is 0.273. The van der Waals surface area contributed by atoms with E-state index in [2.05, 4.69) is 15.1 Å². The summed E-state index contributed by atoms with van der Waals surface area (Å²) in [4.78, 5) is 13.1. The molecule has 0 radical (unpaired) electrons. The van der Waals surface area contributed by atoms with E-state index in [9.17, 15) is 10.1 Å². The summed E-state index contributed by atoms with van der Waals surface area (Å²) in [6.45, 7) is 2.65. The molecule has 0 N–H and O–H groups in total. The van der Waals surface area contributed by atoms with Crippen LogP contribution in [0.2, 0.25) is 0 Å². The zero-order valence-corrected chi connectivity index (χ0v) is 11.1. The SMILES string of the molecule is Cn1ncc([N+](=O)[O-])c1[C@H]1OC[C@@](C)(CN=[N+]=[N-])CO1. The Hall–Kier alpha value is -2.16. The van der Waals surface area contributed by atoms with Gasteiger partial charge in [-0.25, -0.2) is 0 Å². The number of azide groups is 1. The monoisotopic (exact) mass is 282 g/mol. The lowest BCUT2D eigenvalue weighted by Crippen LogP contribution is -2.39. The Labute approximate surface area is 114 Å². The van der Waals surface area contributed by atoms with E-state index < -0.39 is 16.6 Å². The van der Waals surface area contributed by atoms with Gasteiger partial charge in [-0.15, -0.1) is 0 Å². The number of rotatable bonds is 4. The third-order valence-electron chi connectivity index (χ3n) is 3.07. The molecule has 2 heterocycles. The normalized spacial score (nSPS) is 26.0. The molecule has 1 aromatic heterocycles. The zero-order chi connectivity index (χ0) is 14.8. The number of ether oxygens (including phenoxy) is 2. The van der Waals surface area contributed by atoms with E-state index in [-0.39, 0.29) is 31.1 Å². The Kier molecular flexibility index (Phi) is 3.89. The summed E-state index contributed by atoms with van der Waals surface area (Å²) in [5.41, 5.74) is 8.03. The Morgan fingerprint density at radius 1 is 1.70 bits per heavy atom. The van der Waals surface area contributed by atoms with Gasteiger partial charge in [0, 0.05) is 23.9 Å². The van der Waals surface area contributed by atoms with Crippen LogP contribution >= 0.6 is 0 Å². The molecule has 0 amide bonds. The third kappa shape index (κ3) is 2.72. The molecule has 108 valence electrons. The fourth-order valence-electron chi connectivity index (χ4n) is 1.94. The van der Waals surface area contributed by atoms with Gasteiger partial charge in [0.25, 0.3) is 0 Å². The Balaban J connectivity index is 2.13. The van der Waals surface area contributed by atoms with E-state index in [1.165, 1.54) is 4.68 Å². The fourth-order valence-corrected chi connectivity index (χ4v) is 1.94. The van der Waals surface area contributed by atoms with E-state index in [4.69, 9.17) is 15.0 Å². The molecule has 20 heavy (non-hydrogen) atoms. The Morgan fingerprint density at radius 2 is 2.35 bits per heavy atom. The highest BCUT2D eigenvalue weighted by molar-refractivity contribution is 5.34. The van der Waals surface area contributed by atoms with E-state index in [0.29, 0.717) is 0 Å². The summed E-state index contributed by atoms with van der Waals surface area (Å²) in [5, 5.41) is 18.3. The first kappa shape index (κ1) is 14.3. The molecule has 0 aromatic carbocycles. The summed E-state index contributed by atoms with van der Waals surface area (Å²) in [6, 6.07) is 0. The van der Waals surface area contributed by atoms with Crippen LogP contribution < -0.4 is 0 Å². The molecular formula is C10H14N6O4. The van der Waals surface area contributed by atoms with Gasteiger partial charge in [0.15, 0.2) is 5.69 Å². The van der Waals surface area contributed by atoms with Crippen molar-refractivity contribution in [3.05, 3.63) is 32.4 Å². The van der Waals surface area contributed by atoms with E-state index in [0.717, 1.165) is 6.20 Å². The molecule has 0 bridgehead atoms. The fraction of sp³-hybridized carbons (Fsp3) is 0.700. The van der Waals surface area contributed by atoms with Crippen molar-refractivity contribution < 1.29 is 14.4 Å². The van der Waals surface area contributed by atoms with Gasteiger partial charge in [-0.1, -0.05) is 12.0 Å². The van der Waals surface area contributed by atoms with Crippen molar-refractivity contribution in [2.45, 2.75) is 13.2 Å². The summed E-state index contributed by atoms with van der Waals surface area (Å²) < 4.78 is 12.4. The highest BCUT2D eigenvalue weighted by Gasteiger charge is 2.37. The molecule has 0 unspecified atom stereocenters. The molecule has 10 nitrogen and oxygen atoms in total. The molecule has 10 heteroatoms. The van der Waals surface area contributed by atoms with Crippen LogP contribution in [-0.4, -0.2) is 34.5 Å². The predicted molar refractivity (Wildman–Crippen MR) is 66.6 cm³/mol. The van der Waals surface area contributed by atoms with Crippen LogP contribution in [0.3, 0.4) is 0 Å². The smallest absolute Gasteiger partial charge is 0.315 e. The molecule has 0 saturated carbocycles. The van der Waals surface area contributed by atoms with Crippen molar-refractivity contribution in [2.75, 3.05) is 19.8 Å². The highest BCUT2D eigenvalue weighted by atomic mass is 16.7. The first-order valence-corrected chi connectivity index (χ1v) is 5.87. The second kappa shape index (κ2) is 5.45. The van der Waals surface area contributed by atoms with Crippen molar-refractivity contribution in [3.63, 3.8) is 0 Å². The summed E-state index contributed by atoms with van der Waals surface area (Å²) in [5.74, 6) is 0. The number of aromatic nitrogens is 2. The minimum absolute atomic E-state index is 0.142. The number of aryl methyl sites for hydroxylation is 1. The maximum Gasteiger partial charge on any atom is 0.315 e. The molecular weight excluding hydrogens is 268 g/mol. The minimum atomic E-state index is -0.845. The lowest BCUT2D eigenvalue weighted by Gasteiger charge is -2.35. The molecule has 0 spiro atoms. The van der Waals surface area contributed by atoms with E-state index >= 15 is 0 Å². The van der Waals surface area contributed by atoms with Gasteiger partial charge in [0.2, 0.25) is 6.29 Å². The lowest BCUT2D eigenvalue weighted by atomic mass is 9.92. The second-order valence-electron chi connectivity index (χ2n) is 4.95. The van der Waals surface area contributed by atoms with Crippen molar-refractivity contribution in [1.29, 1.82) is 0 Å². The maximum atomic E-state index is 10.9. The molecule has 0 atom stereocenters. The third-order valence-corrected chi connectivity index (χ3v) is 3.07. The largest absolute Gasteiger partial charge is 0.346 e. The van der Waals surface area contributed by atoms with Gasteiger partial charge < -0.3 is 9.47 Å². The van der Waals surface area contributed by atoms with Gasteiger partial charge in [-0.2, -0.15) is 5.10 Å². The topological polar surface area (TPSA) is 128 Å². The van der Waals surface area contributed by atoms with Crippen molar-refractivity contribution in [2.24, 2.45) is 17.6 Å². The zero-order valence-electron chi connectivity index (χ0n) is 11.1. The van der Waals surface area contributed by atoms with Gasteiger partial charge in [-0.05, 0) is 5.53 Å².